The number of nitrogens with one attached hydrogen (secondary N) is 5. The topological polar surface area (TPSA) is 195 Å². The SMILES string of the molecule is NC(Cc1c[nH]c2ccccc12)C(=O)NC(Cc1ccccc1)C(=O)NC(CS)C(=O)NC(Cc1cnc[nH]1)C(=O)O. The maximum absolute atomic E-state index is 13.4. The molecule has 0 spiro atoms. The minimum Gasteiger partial charge on any atom is -0.480 e. The summed E-state index contributed by atoms with van der Waals surface area (Å²) < 4.78 is 0. The normalized spacial score (nSPS) is 14.0. The van der Waals surface area contributed by atoms with Crippen LogP contribution in [-0.4, -0.2) is 73.7 Å². The molecule has 0 aliphatic rings. The Balaban J connectivity index is 1.44. The van der Waals surface area contributed by atoms with Crippen molar-refractivity contribution < 1.29 is 24.3 Å². The highest BCUT2D eigenvalue weighted by molar-refractivity contribution is 7.80. The molecule has 0 saturated carbocycles. The van der Waals surface area contributed by atoms with Gasteiger partial charge in [0.05, 0.1) is 12.4 Å². The molecular weight excluding hydrogens is 558 g/mol. The van der Waals surface area contributed by atoms with Gasteiger partial charge in [-0.05, 0) is 23.6 Å². The van der Waals surface area contributed by atoms with Gasteiger partial charge < -0.3 is 36.8 Å². The molecule has 0 aliphatic heterocycles. The van der Waals surface area contributed by atoms with E-state index in [2.05, 4.69) is 43.5 Å². The summed E-state index contributed by atoms with van der Waals surface area (Å²) in [5.41, 5.74) is 9.35. The molecule has 12 nitrogen and oxygen atoms in total. The van der Waals surface area contributed by atoms with Gasteiger partial charge in [0, 0.05) is 47.6 Å². The Morgan fingerprint density at radius 1 is 0.833 bits per heavy atom. The highest BCUT2D eigenvalue weighted by Gasteiger charge is 2.30. The van der Waals surface area contributed by atoms with Crippen LogP contribution in [0.5, 0.6) is 0 Å². The number of carbonyl (C=O) groups excluding carboxylic acids is 3. The molecule has 0 saturated heterocycles. The average molecular weight is 592 g/mol. The molecule has 4 rings (SSSR count). The molecule has 4 atom stereocenters. The number of nitrogens with two attached hydrogens (primary N) is 1. The van der Waals surface area contributed by atoms with E-state index in [0.717, 1.165) is 22.0 Å². The number of thiol groups is 1. The number of imidazole rings is 1. The first kappa shape index (κ1) is 30.3. The van der Waals surface area contributed by atoms with E-state index in [0.29, 0.717) is 5.69 Å². The second-order valence-corrected chi connectivity index (χ2v) is 10.2. The van der Waals surface area contributed by atoms with Gasteiger partial charge in [0.2, 0.25) is 17.7 Å². The van der Waals surface area contributed by atoms with Gasteiger partial charge in [0.25, 0.3) is 0 Å². The van der Waals surface area contributed by atoms with Crippen molar-refractivity contribution in [3.05, 3.63) is 90.1 Å². The van der Waals surface area contributed by atoms with Gasteiger partial charge in [-0.25, -0.2) is 9.78 Å². The lowest BCUT2D eigenvalue weighted by Crippen LogP contribution is -2.58. The van der Waals surface area contributed by atoms with Gasteiger partial charge in [-0.2, -0.15) is 12.6 Å². The van der Waals surface area contributed by atoms with E-state index in [9.17, 15) is 24.3 Å². The smallest absolute Gasteiger partial charge is 0.326 e. The van der Waals surface area contributed by atoms with Crippen molar-refractivity contribution in [2.45, 2.75) is 43.4 Å². The third kappa shape index (κ3) is 7.98. The standard InChI is InChI=1S/C29H33N7O5S/c30-21(11-18-13-32-22-9-5-4-8-20(18)22)26(37)34-23(10-17-6-2-1-3-7-17)27(38)36-25(15-42)28(39)35-24(29(40)41)12-19-14-31-16-33-19/h1-9,13-14,16,21,23-25,32,42H,10-12,15,30H2,(H,31,33)(H,34,37)(H,35,39)(H,36,38)(H,40,41). The molecule has 220 valence electrons. The fourth-order valence-electron chi connectivity index (χ4n) is 4.52. The summed E-state index contributed by atoms with van der Waals surface area (Å²) in [6, 6.07) is 12.3. The predicted octanol–water partition coefficient (Wildman–Crippen LogP) is 0.715. The molecule has 4 unspecified atom stereocenters. The van der Waals surface area contributed by atoms with Crippen molar-refractivity contribution in [2.75, 3.05) is 5.75 Å². The van der Waals surface area contributed by atoms with Crippen LogP contribution in [0.25, 0.3) is 10.9 Å². The maximum Gasteiger partial charge on any atom is 0.326 e. The van der Waals surface area contributed by atoms with Crippen LogP contribution < -0.4 is 21.7 Å². The van der Waals surface area contributed by atoms with Gasteiger partial charge in [-0.3, -0.25) is 14.4 Å². The number of para-hydroxylation sites is 1. The fraction of sp³-hybridized carbons (Fsp3) is 0.276. The summed E-state index contributed by atoms with van der Waals surface area (Å²) in [5, 5.41) is 18.3. The van der Waals surface area contributed by atoms with Crippen molar-refractivity contribution in [2.24, 2.45) is 5.73 Å². The molecular formula is C29H33N7O5S. The second kappa shape index (κ2) is 14.3. The number of hydrogen-bond donors (Lipinski definition) is 8. The molecule has 3 amide bonds. The largest absolute Gasteiger partial charge is 0.480 e. The number of carboxylic acids is 1. The second-order valence-electron chi connectivity index (χ2n) is 9.85. The number of fused-ring (bicyclic) bond motifs is 1. The molecule has 0 bridgehead atoms. The molecule has 0 aliphatic carbocycles. The minimum atomic E-state index is -1.26. The molecule has 8 N–H and O–H groups in total. The Hall–Kier alpha value is -4.62. The van der Waals surface area contributed by atoms with E-state index < -0.39 is 47.9 Å². The monoisotopic (exact) mass is 591 g/mol. The summed E-state index contributed by atoms with van der Waals surface area (Å²) in [6.45, 7) is 0. The lowest BCUT2D eigenvalue weighted by molar-refractivity contribution is -0.142. The van der Waals surface area contributed by atoms with E-state index in [-0.39, 0.29) is 25.0 Å². The van der Waals surface area contributed by atoms with Crippen molar-refractivity contribution in [3.8, 4) is 0 Å². The van der Waals surface area contributed by atoms with Crippen LogP contribution in [0.3, 0.4) is 0 Å². The zero-order chi connectivity index (χ0) is 30.1. The Morgan fingerprint density at radius 2 is 1.50 bits per heavy atom. The van der Waals surface area contributed by atoms with E-state index >= 15 is 0 Å². The number of aromatic amines is 2. The molecule has 42 heavy (non-hydrogen) atoms. The lowest BCUT2D eigenvalue weighted by Gasteiger charge is -2.24. The van der Waals surface area contributed by atoms with Crippen LogP contribution in [0.15, 0.2) is 73.3 Å². The van der Waals surface area contributed by atoms with Crippen molar-refractivity contribution in [3.63, 3.8) is 0 Å². The van der Waals surface area contributed by atoms with Gasteiger partial charge >= 0.3 is 5.97 Å². The number of carboxylic acid groups (broad SMARTS) is 1. The number of rotatable bonds is 14. The van der Waals surface area contributed by atoms with Gasteiger partial charge in [-0.1, -0.05) is 48.5 Å². The van der Waals surface area contributed by atoms with Crippen molar-refractivity contribution in [1.82, 2.24) is 30.9 Å². The van der Waals surface area contributed by atoms with E-state index in [1.54, 1.807) is 6.20 Å². The van der Waals surface area contributed by atoms with Crippen LogP contribution in [0.4, 0.5) is 0 Å². The lowest BCUT2D eigenvalue weighted by atomic mass is 10.0. The molecule has 0 radical (unpaired) electrons. The summed E-state index contributed by atoms with van der Waals surface area (Å²) in [6.07, 6.45) is 5.01. The first-order chi connectivity index (χ1) is 20.2. The van der Waals surface area contributed by atoms with Crippen molar-refractivity contribution in [1.29, 1.82) is 0 Å². The van der Waals surface area contributed by atoms with Crippen LogP contribution in [0.1, 0.15) is 16.8 Å². The zero-order valence-electron chi connectivity index (χ0n) is 22.6. The molecule has 2 aromatic carbocycles. The number of amides is 3. The summed E-state index contributed by atoms with van der Waals surface area (Å²) in [4.78, 5) is 61.2. The van der Waals surface area contributed by atoms with Crippen LogP contribution >= 0.6 is 12.6 Å². The summed E-state index contributed by atoms with van der Waals surface area (Å²) in [7, 11) is 0. The first-order valence-electron chi connectivity index (χ1n) is 13.3. The number of benzene rings is 2. The maximum atomic E-state index is 13.4. The average Bonchev–Trinajstić information content (AvgIpc) is 3.65. The molecule has 2 aromatic heterocycles. The number of nitrogens with zero attached hydrogens (tertiary/aromatic N) is 1. The number of aromatic nitrogens is 3. The third-order valence-corrected chi connectivity index (χ3v) is 7.14. The van der Waals surface area contributed by atoms with E-state index in [1.807, 2.05) is 54.6 Å². The molecule has 0 fully saturated rings. The van der Waals surface area contributed by atoms with E-state index in [1.165, 1.54) is 12.5 Å². The van der Waals surface area contributed by atoms with Crippen LogP contribution in [0, 0.1) is 0 Å². The minimum absolute atomic E-state index is 0.0324. The van der Waals surface area contributed by atoms with Gasteiger partial charge in [-0.15, -0.1) is 0 Å². The van der Waals surface area contributed by atoms with Gasteiger partial charge in [0.15, 0.2) is 0 Å². The highest BCUT2D eigenvalue weighted by atomic mass is 32.1. The number of carbonyl (C=O) groups is 4. The molecule has 2 heterocycles. The summed E-state index contributed by atoms with van der Waals surface area (Å²) in [5.74, 6) is -3.26. The first-order valence-corrected chi connectivity index (χ1v) is 13.9. The number of aliphatic carboxylic acids is 1. The zero-order valence-corrected chi connectivity index (χ0v) is 23.5. The summed E-state index contributed by atoms with van der Waals surface area (Å²) >= 11 is 4.19. The number of hydrogen-bond acceptors (Lipinski definition) is 7. The van der Waals surface area contributed by atoms with Gasteiger partial charge in [0.1, 0.15) is 18.1 Å². The quantitative estimate of drug-likeness (QED) is 0.0989. The predicted molar refractivity (Wildman–Crippen MR) is 160 cm³/mol. The Labute approximate surface area is 247 Å². The van der Waals surface area contributed by atoms with Crippen molar-refractivity contribution >= 4 is 47.2 Å². The molecule has 13 heteroatoms. The molecule has 4 aromatic rings. The highest BCUT2D eigenvalue weighted by Crippen LogP contribution is 2.19. The van der Waals surface area contributed by atoms with Crippen LogP contribution in [-0.2, 0) is 38.4 Å². The third-order valence-electron chi connectivity index (χ3n) is 6.78. The Kier molecular flexibility index (Phi) is 10.3. The number of H-pyrrole nitrogens is 2. The fourth-order valence-corrected chi connectivity index (χ4v) is 4.78. The van der Waals surface area contributed by atoms with Crippen LogP contribution in [0.2, 0.25) is 0 Å². The Morgan fingerprint density at radius 3 is 2.19 bits per heavy atom. The Bertz CT molecular complexity index is 1510. The van der Waals surface area contributed by atoms with E-state index in [4.69, 9.17) is 5.73 Å².